The van der Waals surface area contributed by atoms with Crippen molar-refractivity contribution in [1.29, 1.82) is 0 Å². The van der Waals surface area contributed by atoms with Gasteiger partial charge in [0.25, 0.3) is 0 Å². The maximum atomic E-state index is 12.1. The van der Waals surface area contributed by atoms with Crippen molar-refractivity contribution in [2.75, 3.05) is 0 Å². The predicted octanol–water partition coefficient (Wildman–Crippen LogP) is 3.21. The Hall–Kier alpha value is -3.94. The minimum Gasteiger partial charge on any atom is -0.458 e. The van der Waals surface area contributed by atoms with Crippen molar-refractivity contribution < 1.29 is 18.4 Å². The molecule has 0 aliphatic heterocycles. The highest BCUT2D eigenvalue weighted by Gasteiger charge is 2.16. The molecule has 146 valence electrons. The fraction of sp³-hybridized carbons (Fsp3) is 0.143. The van der Waals surface area contributed by atoms with E-state index in [0.717, 1.165) is 10.2 Å². The molecule has 8 nitrogen and oxygen atoms in total. The van der Waals surface area contributed by atoms with E-state index in [-0.39, 0.29) is 19.0 Å². The van der Waals surface area contributed by atoms with Crippen LogP contribution >= 0.6 is 0 Å². The first kappa shape index (κ1) is 18.4. The summed E-state index contributed by atoms with van der Waals surface area (Å²) < 4.78 is 16.9. The Balaban J connectivity index is 1.41. The summed E-state index contributed by atoms with van der Waals surface area (Å²) in [5.74, 6) is -0.215. The molecule has 29 heavy (non-hydrogen) atoms. The largest absolute Gasteiger partial charge is 0.458 e. The molecule has 4 rings (SSSR count). The molecule has 2 aromatic carbocycles. The topological polar surface area (TPSA) is 100 Å². The van der Waals surface area contributed by atoms with E-state index in [0.29, 0.717) is 22.9 Å². The SMILES string of the molecule is Cc1oc(-c2ccccc2)nc1COC(=O)Cn1nc(-c2ccccc2)oc1=O. The first-order valence-corrected chi connectivity index (χ1v) is 8.91. The van der Waals surface area contributed by atoms with Gasteiger partial charge in [0.15, 0.2) is 0 Å². The van der Waals surface area contributed by atoms with Gasteiger partial charge >= 0.3 is 11.7 Å². The van der Waals surface area contributed by atoms with Crippen molar-refractivity contribution >= 4 is 5.97 Å². The van der Waals surface area contributed by atoms with Crippen LogP contribution in [-0.2, 0) is 22.7 Å². The van der Waals surface area contributed by atoms with Crippen LogP contribution in [0.2, 0.25) is 0 Å². The van der Waals surface area contributed by atoms with E-state index < -0.39 is 11.7 Å². The number of aryl methyl sites for hydroxylation is 1. The van der Waals surface area contributed by atoms with Crippen LogP contribution in [0.3, 0.4) is 0 Å². The van der Waals surface area contributed by atoms with Gasteiger partial charge in [0.2, 0.25) is 11.8 Å². The number of carbonyl (C=O) groups excluding carboxylic acids is 1. The number of hydrogen-bond donors (Lipinski definition) is 0. The molecule has 0 atom stereocenters. The van der Waals surface area contributed by atoms with Gasteiger partial charge in [0, 0.05) is 11.1 Å². The molecule has 0 saturated carbocycles. The van der Waals surface area contributed by atoms with Gasteiger partial charge in [0.1, 0.15) is 24.6 Å². The Morgan fingerprint density at radius 1 is 0.966 bits per heavy atom. The highest BCUT2D eigenvalue weighted by atomic mass is 16.5. The van der Waals surface area contributed by atoms with Crippen LogP contribution in [-0.4, -0.2) is 20.7 Å². The second kappa shape index (κ2) is 7.97. The quantitative estimate of drug-likeness (QED) is 0.465. The fourth-order valence-corrected chi connectivity index (χ4v) is 2.69. The van der Waals surface area contributed by atoms with Crippen LogP contribution in [0.5, 0.6) is 0 Å². The average molecular weight is 391 g/mol. The molecule has 0 unspecified atom stereocenters. The molecule has 2 aromatic heterocycles. The van der Waals surface area contributed by atoms with Crippen molar-refractivity contribution in [2.45, 2.75) is 20.1 Å². The van der Waals surface area contributed by atoms with Crippen molar-refractivity contribution in [3.05, 3.63) is 82.7 Å². The lowest BCUT2D eigenvalue weighted by molar-refractivity contribution is -0.146. The molecule has 0 radical (unpaired) electrons. The van der Waals surface area contributed by atoms with Crippen LogP contribution < -0.4 is 5.76 Å². The van der Waals surface area contributed by atoms with E-state index in [9.17, 15) is 9.59 Å². The van der Waals surface area contributed by atoms with E-state index >= 15 is 0 Å². The normalized spacial score (nSPS) is 10.8. The minimum absolute atomic E-state index is 0.0703. The molecular weight excluding hydrogens is 374 g/mol. The summed E-state index contributed by atoms with van der Waals surface area (Å²) in [6, 6.07) is 18.4. The maximum absolute atomic E-state index is 12.1. The number of benzene rings is 2. The lowest BCUT2D eigenvalue weighted by Gasteiger charge is -2.02. The van der Waals surface area contributed by atoms with E-state index in [1.54, 1.807) is 31.2 Å². The zero-order valence-electron chi connectivity index (χ0n) is 15.6. The zero-order valence-corrected chi connectivity index (χ0v) is 15.6. The van der Waals surface area contributed by atoms with Crippen LogP contribution in [0.25, 0.3) is 22.9 Å². The first-order valence-electron chi connectivity index (χ1n) is 8.91. The Bertz CT molecular complexity index is 1180. The summed E-state index contributed by atoms with van der Waals surface area (Å²) in [7, 11) is 0. The van der Waals surface area contributed by atoms with Crippen LogP contribution in [0.4, 0.5) is 0 Å². The Morgan fingerprint density at radius 2 is 1.59 bits per heavy atom. The van der Waals surface area contributed by atoms with Gasteiger partial charge in [-0.25, -0.2) is 9.78 Å². The second-order valence-corrected chi connectivity index (χ2v) is 6.25. The number of hydrogen-bond acceptors (Lipinski definition) is 7. The van der Waals surface area contributed by atoms with Crippen LogP contribution in [0.15, 0.2) is 74.3 Å². The molecule has 0 amide bonds. The molecule has 4 aromatic rings. The molecule has 0 bridgehead atoms. The van der Waals surface area contributed by atoms with Crippen molar-refractivity contribution in [2.24, 2.45) is 0 Å². The highest BCUT2D eigenvalue weighted by molar-refractivity contribution is 5.69. The third-order valence-electron chi connectivity index (χ3n) is 4.19. The number of aromatic nitrogens is 3. The van der Waals surface area contributed by atoms with Gasteiger partial charge in [-0.3, -0.25) is 4.79 Å². The Morgan fingerprint density at radius 3 is 2.24 bits per heavy atom. The average Bonchev–Trinajstić information content (AvgIpc) is 3.30. The molecule has 2 heterocycles. The second-order valence-electron chi connectivity index (χ2n) is 6.25. The van der Waals surface area contributed by atoms with Crippen LogP contribution in [0, 0.1) is 6.92 Å². The van der Waals surface area contributed by atoms with Crippen LogP contribution in [0.1, 0.15) is 11.5 Å². The van der Waals surface area contributed by atoms with Crippen molar-refractivity contribution in [1.82, 2.24) is 14.8 Å². The van der Waals surface area contributed by atoms with E-state index in [4.69, 9.17) is 13.6 Å². The molecule has 0 spiro atoms. The molecule has 8 heteroatoms. The van der Waals surface area contributed by atoms with E-state index in [1.807, 2.05) is 36.4 Å². The lowest BCUT2D eigenvalue weighted by atomic mass is 10.2. The first-order chi connectivity index (χ1) is 14.1. The van der Waals surface area contributed by atoms with E-state index in [1.165, 1.54) is 0 Å². The fourth-order valence-electron chi connectivity index (χ4n) is 2.69. The summed E-state index contributed by atoms with van der Waals surface area (Å²) in [4.78, 5) is 28.5. The monoisotopic (exact) mass is 391 g/mol. The number of rotatable bonds is 6. The van der Waals surface area contributed by atoms with Gasteiger partial charge in [-0.05, 0) is 31.2 Å². The number of ether oxygens (including phenoxy) is 1. The molecule has 0 N–H and O–H groups in total. The number of oxazole rings is 1. The smallest absolute Gasteiger partial charge is 0.437 e. The standard InChI is InChI=1S/C21H17N3O5/c1-14-17(22-19(28-14)15-8-4-2-5-9-15)13-27-18(25)12-24-21(26)29-20(23-24)16-10-6-3-7-11-16/h2-11H,12-13H2,1H3. The highest BCUT2D eigenvalue weighted by Crippen LogP contribution is 2.21. The third-order valence-corrected chi connectivity index (χ3v) is 4.19. The summed E-state index contributed by atoms with van der Waals surface area (Å²) in [5.41, 5.74) is 1.98. The molecule has 0 fully saturated rings. The number of nitrogens with zero attached hydrogens (tertiary/aromatic N) is 3. The van der Waals surface area contributed by atoms with Gasteiger partial charge in [0.05, 0.1) is 0 Å². The summed E-state index contributed by atoms with van der Waals surface area (Å²) in [6.45, 7) is 1.31. The summed E-state index contributed by atoms with van der Waals surface area (Å²) in [6.07, 6.45) is 0. The van der Waals surface area contributed by atoms with Gasteiger partial charge < -0.3 is 13.6 Å². The van der Waals surface area contributed by atoms with Gasteiger partial charge in [-0.1, -0.05) is 36.4 Å². The van der Waals surface area contributed by atoms with E-state index in [2.05, 4.69) is 10.1 Å². The maximum Gasteiger partial charge on any atom is 0.437 e. The molecule has 0 saturated heterocycles. The van der Waals surface area contributed by atoms with Gasteiger partial charge in [-0.2, -0.15) is 4.68 Å². The Labute approximate surface area is 165 Å². The Kier molecular flexibility index (Phi) is 5.07. The molecular formula is C21H17N3O5. The van der Waals surface area contributed by atoms with Gasteiger partial charge in [-0.15, -0.1) is 5.10 Å². The number of esters is 1. The minimum atomic E-state index is -0.732. The predicted molar refractivity (Wildman–Crippen MR) is 103 cm³/mol. The number of carbonyl (C=O) groups is 1. The summed E-state index contributed by atoms with van der Waals surface area (Å²) >= 11 is 0. The molecule has 0 aliphatic rings. The summed E-state index contributed by atoms with van der Waals surface area (Å²) in [5, 5.41) is 4.04. The lowest BCUT2D eigenvalue weighted by Crippen LogP contribution is -2.23. The van der Waals surface area contributed by atoms with Crippen molar-refractivity contribution in [3.63, 3.8) is 0 Å². The van der Waals surface area contributed by atoms with Crippen molar-refractivity contribution in [3.8, 4) is 22.9 Å². The third kappa shape index (κ3) is 4.16. The zero-order chi connectivity index (χ0) is 20.2. The molecule has 0 aliphatic carbocycles.